The second kappa shape index (κ2) is 8.25. The maximum Gasteiger partial charge on any atom is 0.275 e. The number of para-hydroxylation sites is 3. The number of hydrogen-bond acceptors (Lipinski definition) is 4. The number of nitrogens with zero attached hydrogens (tertiary/aromatic N) is 1. The van der Waals surface area contributed by atoms with Crippen LogP contribution in [0.5, 0.6) is 0 Å². The molecule has 4 rings (SSSR count). The van der Waals surface area contributed by atoms with Gasteiger partial charge < -0.3 is 15.6 Å². The van der Waals surface area contributed by atoms with E-state index in [-0.39, 0.29) is 24.1 Å². The Morgan fingerprint density at radius 1 is 1.04 bits per heavy atom. The third-order valence-corrected chi connectivity index (χ3v) is 5.19. The van der Waals surface area contributed by atoms with E-state index in [2.05, 4.69) is 20.6 Å². The van der Waals surface area contributed by atoms with Crippen LogP contribution < -0.4 is 16.2 Å². The number of anilines is 1. The summed E-state index contributed by atoms with van der Waals surface area (Å²) in [7, 11) is 0. The fourth-order valence-corrected chi connectivity index (χ4v) is 3.76. The van der Waals surface area contributed by atoms with E-state index in [1.165, 1.54) is 19.3 Å². The third kappa shape index (κ3) is 4.06. The highest BCUT2D eigenvalue weighted by molar-refractivity contribution is 5.85. The first-order valence-corrected chi connectivity index (χ1v) is 9.82. The molecule has 6 heteroatoms. The molecule has 0 bridgehead atoms. The predicted octanol–water partition coefficient (Wildman–Crippen LogP) is 3.45. The maximum atomic E-state index is 12.6. The van der Waals surface area contributed by atoms with Crippen molar-refractivity contribution >= 4 is 22.6 Å². The van der Waals surface area contributed by atoms with Crippen LogP contribution in [0.1, 0.15) is 32.1 Å². The molecule has 1 fully saturated rings. The Morgan fingerprint density at radius 3 is 2.64 bits per heavy atom. The van der Waals surface area contributed by atoms with Gasteiger partial charge in [0.15, 0.2) is 0 Å². The molecule has 0 saturated heterocycles. The molecule has 0 spiro atoms. The summed E-state index contributed by atoms with van der Waals surface area (Å²) in [5.41, 5.74) is 2.92. The molecule has 0 radical (unpaired) electrons. The van der Waals surface area contributed by atoms with Crippen LogP contribution in [-0.4, -0.2) is 28.5 Å². The molecule has 1 aliphatic rings. The van der Waals surface area contributed by atoms with Crippen LogP contribution in [0.3, 0.4) is 0 Å². The van der Waals surface area contributed by atoms with E-state index in [0.29, 0.717) is 16.8 Å². The fourth-order valence-electron chi connectivity index (χ4n) is 3.76. The van der Waals surface area contributed by atoms with Crippen molar-refractivity contribution in [2.75, 3.05) is 11.9 Å². The van der Waals surface area contributed by atoms with Gasteiger partial charge in [-0.2, -0.15) is 0 Å². The highest BCUT2D eigenvalue weighted by Gasteiger charge is 2.16. The Labute approximate surface area is 163 Å². The molecule has 0 atom stereocenters. The van der Waals surface area contributed by atoms with E-state index in [9.17, 15) is 9.59 Å². The quantitative estimate of drug-likeness (QED) is 0.636. The summed E-state index contributed by atoms with van der Waals surface area (Å²) in [6.45, 7) is 0.166. The van der Waals surface area contributed by atoms with Gasteiger partial charge in [-0.1, -0.05) is 49.6 Å². The maximum absolute atomic E-state index is 12.6. The van der Waals surface area contributed by atoms with Crippen LogP contribution in [0.4, 0.5) is 5.69 Å². The van der Waals surface area contributed by atoms with Gasteiger partial charge in [-0.05, 0) is 31.0 Å². The molecule has 0 aliphatic heterocycles. The van der Waals surface area contributed by atoms with Crippen LogP contribution in [0.25, 0.3) is 22.3 Å². The summed E-state index contributed by atoms with van der Waals surface area (Å²) in [6, 6.07) is 15.2. The van der Waals surface area contributed by atoms with Crippen LogP contribution in [-0.2, 0) is 4.79 Å². The minimum Gasteiger partial charge on any atom is -0.376 e. The number of hydrogen-bond donors (Lipinski definition) is 3. The normalized spacial score (nSPS) is 14.7. The van der Waals surface area contributed by atoms with Crippen molar-refractivity contribution < 1.29 is 4.79 Å². The van der Waals surface area contributed by atoms with Gasteiger partial charge in [-0.25, -0.2) is 4.98 Å². The summed E-state index contributed by atoms with van der Waals surface area (Å²) in [5.74, 6) is -0.0258. The number of carbonyl (C=O) groups excluding carboxylic acids is 1. The Hall–Kier alpha value is -3.15. The van der Waals surface area contributed by atoms with Crippen LogP contribution in [0.2, 0.25) is 0 Å². The zero-order valence-electron chi connectivity index (χ0n) is 15.7. The van der Waals surface area contributed by atoms with Gasteiger partial charge >= 0.3 is 0 Å². The second-order valence-electron chi connectivity index (χ2n) is 7.23. The lowest BCUT2D eigenvalue weighted by molar-refractivity contribution is -0.120. The molecular weight excluding hydrogens is 352 g/mol. The van der Waals surface area contributed by atoms with Crippen LogP contribution in [0.15, 0.2) is 53.3 Å². The van der Waals surface area contributed by atoms with E-state index >= 15 is 0 Å². The van der Waals surface area contributed by atoms with Crippen molar-refractivity contribution in [2.45, 2.75) is 38.1 Å². The molecule has 2 aromatic carbocycles. The molecule has 1 aliphatic carbocycles. The van der Waals surface area contributed by atoms with Gasteiger partial charge in [0.25, 0.3) is 5.56 Å². The van der Waals surface area contributed by atoms with Crippen molar-refractivity contribution in [3.8, 4) is 11.3 Å². The average molecular weight is 376 g/mol. The van der Waals surface area contributed by atoms with Crippen molar-refractivity contribution in [3.63, 3.8) is 0 Å². The molecule has 144 valence electrons. The summed E-state index contributed by atoms with van der Waals surface area (Å²) >= 11 is 0. The average Bonchev–Trinajstić information content (AvgIpc) is 2.73. The van der Waals surface area contributed by atoms with E-state index in [0.717, 1.165) is 24.0 Å². The van der Waals surface area contributed by atoms with Crippen LogP contribution >= 0.6 is 0 Å². The highest BCUT2D eigenvalue weighted by atomic mass is 16.2. The number of amides is 1. The molecular formula is C22H24N4O2. The minimum absolute atomic E-state index is 0.0258. The van der Waals surface area contributed by atoms with Crippen LogP contribution in [0, 0.1) is 0 Å². The topological polar surface area (TPSA) is 86.9 Å². The Morgan fingerprint density at radius 2 is 1.79 bits per heavy atom. The standard InChI is InChI=1S/C22H24N4O2/c27-20(24-15-8-2-1-3-9-15)14-23-17-11-5-4-10-16(17)21-22(28)26-19-13-7-6-12-18(19)25-21/h4-7,10-13,15,23H,1-3,8-9,14H2,(H,24,27)(H,26,28). The predicted molar refractivity (Wildman–Crippen MR) is 111 cm³/mol. The molecule has 3 aromatic rings. The number of nitrogens with one attached hydrogen (secondary N) is 3. The molecule has 1 heterocycles. The number of aromatic nitrogens is 2. The van der Waals surface area contributed by atoms with Crippen molar-refractivity contribution in [3.05, 3.63) is 58.9 Å². The highest BCUT2D eigenvalue weighted by Crippen LogP contribution is 2.25. The molecule has 28 heavy (non-hydrogen) atoms. The van der Waals surface area contributed by atoms with Gasteiger partial charge in [0, 0.05) is 17.3 Å². The van der Waals surface area contributed by atoms with Gasteiger partial charge in [0.05, 0.1) is 17.6 Å². The Kier molecular flexibility index (Phi) is 5.37. The van der Waals surface area contributed by atoms with Crippen molar-refractivity contribution in [1.82, 2.24) is 15.3 Å². The molecule has 1 saturated carbocycles. The largest absolute Gasteiger partial charge is 0.376 e. The summed E-state index contributed by atoms with van der Waals surface area (Å²) in [4.78, 5) is 32.3. The molecule has 1 amide bonds. The first-order chi connectivity index (χ1) is 13.7. The molecule has 1 aromatic heterocycles. The van der Waals surface area contributed by atoms with E-state index in [1.54, 1.807) is 0 Å². The third-order valence-electron chi connectivity index (χ3n) is 5.19. The van der Waals surface area contributed by atoms with Crippen molar-refractivity contribution in [1.29, 1.82) is 0 Å². The van der Waals surface area contributed by atoms with E-state index in [4.69, 9.17) is 0 Å². The number of aromatic amines is 1. The molecule has 0 unspecified atom stereocenters. The smallest absolute Gasteiger partial charge is 0.275 e. The van der Waals surface area contributed by atoms with Crippen molar-refractivity contribution in [2.24, 2.45) is 0 Å². The summed E-state index contributed by atoms with van der Waals surface area (Å²) < 4.78 is 0. The fraction of sp³-hybridized carbons (Fsp3) is 0.318. The number of fused-ring (bicyclic) bond motifs is 1. The monoisotopic (exact) mass is 376 g/mol. The first-order valence-electron chi connectivity index (χ1n) is 9.82. The number of H-pyrrole nitrogens is 1. The van der Waals surface area contributed by atoms with Gasteiger partial charge in [0.2, 0.25) is 5.91 Å². The number of carbonyl (C=O) groups is 1. The van der Waals surface area contributed by atoms with E-state index in [1.807, 2.05) is 48.5 Å². The minimum atomic E-state index is -0.250. The lowest BCUT2D eigenvalue weighted by Crippen LogP contribution is -2.39. The molecule has 6 nitrogen and oxygen atoms in total. The first kappa shape index (κ1) is 18.2. The van der Waals surface area contributed by atoms with Gasteiger partial charge in [0.1, 0.15) is 5.69 Å². The summed E-state index contributed by atoms with van der Waals surface area (Å²) in [5, 5.41) is 6.27. The Balaban J connectivity index is 1.53. The molecule has 3 N–H and O–H groups in total. The van der Waals surface area contributed by atoms with Gasteiger partial charge in [-0.3, -0.25) is 9.59 Å². The zero-order valence-corrected chi connectivity index (χ0v) is 15.7. The van der Waals surface area contributed by atoms with E-state index < -0.39 is 0 Å². The lowest BCUT2D eigenvalue weighted by Gasteiger charge is -2.23. The second-order valence-corrected chi connectivity index (χ2v) is 7.23. The Bertz CT molecular complexity index is 1040. The number of benzene rings is 2. The lowest BCUT2D eigenvalue weighted by atomic mass is 9.95. The zero-order chi connectivity index (χ0) is 19.3. The SMILES string of the molecule is O=C(CNc1ccccc1-c1nc2ccccc2[nH]c1=O)NC1CCCCC1. The van der Waals surface area contributed by atoms with Gasteiger partial charge in [-0.15, -0.1) is 0 Å². The number of rotatable bonds is 5. The summed E-state index contributed by atoms with van der Waals surface area (Å²) in [6.07, 6.45) is 5.72.